The maximum absolute atomic E-state index is 6.80. The lowest BCUT2D eigenvalue weighted by atomic mass is 9.87. The van der Waals surface area contributed by atoms with Crippen LogP contribution in [0.5, 0.6) is 0 Å². The first kappa shape index (κ1) is 15.1. The van der Waals surface area contributed by atoms with Crippen LogP contribution in [0, 0.1) is 0 Å². The second-order valence-electron chi connectivity index (χ2n) is 6.83. The van der Waals surface area contributed by atoms with E-state index < -0.39 is 0 Å². The van der Waals surface area contributed by atoms with Gasteiger partial charge in [0.1, 0.15) is 0 Å². The third-order valence-corrected chi connectivity index (χ3v) is 5.22. The van der Waals surface area contributed by atoms with Gasteiger partial charge in [0.2, 0.25) is 0 Å². The predicted octanol–water partition coefficient (Wildman–Crippen LogP) is 4.39. The molecule has 1 fully saturated rings. The topological polar surface area (TPSA) is 21.3 Å². The molecular weight excluding hydrogens is 258 g/mol. The molecule has 0 heterocycles. The Kier molecular flexibility index (Phi) is 4.97. The maximum atomic E-state index is 6.80. The van der Waals surface area contributed by atoms with Gasteiger partial charge in [-0.2, -0.15) is 0 Å². The molecule has 0 spiro atoms. The fraction of sp³-hybridized carbons (Fsp3) is 0.684. The van der Waals surface area contributed by atoms with Crippen LogP contribution in [0.15, 0.2) is 24.3 Å². The lowest BCUT2D eigenvalue weighted by Gasteiger charge is -2.39. The van der Waals surface area contributed by atoms with Gasteiger partial charge in [-0.1, -0.05) is 49.9 Å². The first-order chi connectivity index (χ1) is 10.3. The number of aryl methyl sites for hydroxylation is 1. The van der Waals surface area contributed by atoms with Crippen LogP contribution in [0.1, 0.15) is 68.6 Å². The number of nitrogens with one attached hydrogen (secondary N) is 1. The number of benzene rings is 1. The van der Waals surface area contributed by atoms with Crippen LogP contribution in [0.3, 0.4) is 0 Å². The number of rotatable bonds is 4. The second kappa shape index (κ2) is 6.93. The summed E-state index contributed by atoms with van der Waals surface area (Å²) in [5.41, 5.74) is 3.01. The van der Waals surface area contributed by atoms with Crippen molar-refractivity contribution in [2.75, 3.05) is 13.6 Å². The molecule has 1 aromatic carbocycles. The van der Waals surface area contributed by atoms with Gasteiger partial charge >= 0.3 is 0 Å². The summed E-state index contributed by atoms with van der Waals surface area (Å²) in [5, 5.41) is 3.39. The van der Waals surface area contributed by atoms with E-state index in [2.05, 4.69) is 36.6 Å². The highest BCUT2D eigenvalue weighted by Crippen LogP contribution is 2.39. The predicted molar refractivity (Wildman–Crippen MR) is 87.6 cm³/mol. The third-order valence-electron chi connectivity index (χ3n) is 5.22. The molecule has 0 amide bonds. The number of hydrogen-bond donors (Lipinski definition) is 1. The molecule has 0 aliphatic heterocycles. The van der Waals surface area contributed by atoms with Crippen LogP contribution in [0.2, 0.25) is 0 Å². The SMILES string of the molecule is CNCC1(OC2CCCc3ccccc32)CCCCCC1. The molecule has 0 saturated heterocycles. The van der Waals surface area contributed by atoms with E-state index in [-0.39, 0.29) is 5.60 Å². The Morgan fingerprint density at radius 1 is 1.10 bits per heavy atom. The van der Waals surface area contributed by atoms with Crippen LogP contribution in [-0.4, -0.2) is 19.2 Å². The van der Waals surface area contributed by atoms with Crippen LogP contribution in [0.25, 0.3) is 0 Å². The molecule has 2 aliphatic carbocycles. The van der Waals surface area contributed by atoms with Crippen molar-refractivity contribution >= 4 is 0 Å². The summed E-state index contributed by atoms with van der Waals surface area (Å²) in [5.74, 6) is 0. The normalized spacial score (nSPS) is 25.1. The average molecular weight is 287 g/mol. The minimum atomic E-state index is 0.0559. The molecule has 1 aromatic rings. The average Bonchev–Trinajstić information content (AvgIpc) is 2.74. The number of fused-ring (bicyclic) bond motifs is 1. The molecule has 3 rings (SSSR count). The standard InChI is InChI=1S/C19H29NO/c1-20-15-19(13-6-2-3-7-14-19)21-18-12-8-10-16-9-4-5-11-17(16)18/h4-5,9,11,18,20H,2-3,6-8,10,12-15H2,1H3. The van der Waals surface area contributed by atoms with E-state index in [1.54, 1.807) is 0 Å². The summed E-state index contributed by atoms with van der Waals surface area (Å²) < 4.78 is 6.80. The Morgan fingerprint density at radius 2 is 1.86 bits per heavy atom. The summed E-state index contributed by atoms with van der Waals surface area (Å²) in [6, 6.07) is 8.89. The first-order valence-electron chi connectivity index (χ1n) is 8.73. The molecular formula is C19H29NO. The van der Waals surface area contributed by atoms with Gasteiger partial charge < -0.3 is 10.1 Å². The Morgan fingerprint density at radius 3 is 2.62 bits per heavy atom. The Hall–Kier alpha value is -0.860. The number of hydrogen-bond acceptors (Lipinski definition) is 2. The molecule has 0 aromatic heterocycles. The second-order valence-corrected chi connectivity index (χ2v) is 6.83. The fourth-order valence-electron chi connectivity index (χ4n) is 4.16. The summed E-state index contributed by atoms with van der Waals surface area (Å²) in [6.07, 6.45) is 11.8. The largest absolute Gasteiger partial charge is 0.366 e. The molecule has 0 bridgehead atoms. The minimum absolute atomic E-state index is 0.0559. The van der Waals surface area contributed by atoms with E-state index in [1.165, 1.54) is 68.9 Å². The van der Waals surface area contributed by atoms with Gasteiger partial charge in [0.15, 0.2) is 0 Å². The summed E-state index contributed by atoms with van der Waals surface area (Å²) in [6.45, 7) is 0.992. The van der Waals surface area contributed by atoms with E-state index in [0.29, 0.717) is 6.10 Å². The highest BCUT2D eigenvalue weighted by atomic mass is 16.5. The van der Waals surface area contributed by atoms with Crippen LogP contribution in [-0.2, 0) is 11.2 Å². The molecule has 1 N–H and O–H groups in total. The fourth-order valence-corrected chi connectivity index (χ4v) is 4.16. The molecule has 1 unspecified atom stereocenters. The van der Waals surface area contributed by atoms with E-state index in [9.17, 15) is 0 Å². The lowest BCUT2D eigenvalue weighted by Crippen LogP contribution is -2.43. The van der Waals surface area contributed by atoms with Gasteiger partial charge in [-0.25, -0.2) is 0 Å². The summed E-state index contributed by atoms with van der Waals surface area (Å²) >= 11 is 0. The smallest absolute Gasteiger partial charge is 0.0835 e. The monoisotopic (exact) mass is 287 g/mol. The van der Waals surface area contributed by atoms with E-state index in [1.807, 2.05) is 0 Å². The van der Waals surface area contributed by atoms with Crippen LogP contribution < -0.4 is 5.32 Å². The minimum Gasteiger partial charge on any atom is -0.366 e. The van der Waals surface area contributed by atoms with Crippen molar-refractivity contribution in [3.8, 4) is 0 Å². The molecule has 1 atom stereocenters. The Bertz CT molecular complexity index is 449. The van der Waals surface area contributed by atoms with E-state index >= 15 is 0 Å². The Balaban J connectivity index is 1.80. The van der Waals surface area contributed by atoms with Gasteiger partial charge in [0.25, 0.3) is 0 Å². The van der Waals surface area contributed by atoms with Crippen LogP contribution >= 0.6 is 0 Å². The zero-order valence-corrected chi connectivity index (χ0v) is 13.4. The zero-order chi connectivity index (χ0) is 14.5. The van der Waals surface area contributed by atoms with E-state index in [4.69, 9.17) is 4.74 Å². The van der Waals surface area contributed by atoms with Gasteiger partial charge in [-0.05, 0) is 50.3 Å². The molecule has 1 saturated carbocycles. The molecule has 116 valence electrons. The van der Waals surface area contributed by atoms with Gasteiger partial charge in [-0.15, -0.1) is 0 Å². The van der Waals surface area contributed by atoms with Gasteiger partial charge in [0.05, 0.1) is 11.7 Å². The van der Waals surface area contributed by atoms with Crippen molar-refractivity contribution in [3.05, 3.63) is 35.4 Å². The molecule has 2 aliphatic rings. The van der Waals surface area contributed by atoms with Crippen molar-refractivity contribution in [3.63, 3.8) is 0 Å². The van der Waals surface area contributed by atoms with Crippen molar-refractivity contribution < 1.29 is 4.74 Å². The highest BCUT2D eigenvalue weighted by Gasteiger charge is 2.35. The van der Waals surface area contributed by atoms with E-state index in [0.717, 1.165) is 6.54 Å². The summed E-state index contributed by atoms with van der Waals surface area (Å²) in [7, 11) is 2.06. The van der Waals surface area contributed by atoms with Crippen molar-refractivity contribution in [1.29, 1.82) is 0 Å². The number of likely N-dealkylation sites (N-methyl/N-ethyl adjacent to an activating group) is 1. The highest BCUT2D eigenvalue weighted by molar-refractivity contribution is 5.31. The first-order valence-corrected chi connectivity index (χ1v) is 8.73. The van der Waals surface area contributed by atoms with Crippen molar-refractivity contribution in [1.82, 2.24) is 5.32 Å². The quantitative estimate of drug-likeness (QED) is 0.829. The molecule has 2 nitrogen and oxygen atoms in total. The lowest BCUT2D eigenvalue weighted by molar-refractivity contribution is -0.108. The molecule has 21 heavy (non-hydrogen) atoms. The Labute approximate surface area is 129 Å². The van der Waals surface area contributed by atoms with Crippen molar-refractivity contribution in [2.45, 2.75) is 69.5 Å². The maximum Gasteiger partial charge on any atom is 0.0835 e. The number of ether oxygens (including phenoxy) is 1. The van der Waals surface area contributed by atoms with Crippen molar-refractivity contribution in [2.24, 2.45) is 0 Å². The third kappa shape index (κ3) is 3.49. The van der Waals surface area contributed by atoms with Gasteiger partial charge in [0, 0.05) is 6.54 Å². The molecule has 0 radical (unpaired) electrons. The zero-order valence-electron chi connectivity index (χ0n) is 13.4. The van der Waals surface area contributed by atoms with Gasteiger partial charge in [-0.3, -0.25) is 0 Å². The molecule has 2 heteroatoms. The summed E-state index contributed by atoms with van der Waals surface area (Å²) in [4.78, 5) is 0. The van der Waals surface area contributed by atoms with Crippen LogP contribution in [0.4, 0.5) is 0 Å².